The van der Waals surface area contributed by atoms with Crippen LogP contribution in [0.2, 0.25) is 4.34 Å². The number of halogens is 1. The van der Waals surface area contributed by atoms with Crippen molar-refractivity contribution in [2.75, 3.05) is 39.3 Å². The summed E-state index contributed by atoms with van der Waals surface area (Å²) in [6, 6.07) is 2.35. The molecule has 8 nitrogen and oxygen atoms in total. The van der Waals surface area contributed by atoms with Crippen molar-refractivity contribution in [1.29, 1.82) is 0 Å². The van der Waals surface area contributed by atoms with Crippen LogP contribution in [0.5, 0.6) is 0 Å². The first-order valence-corrected chi connectivity index (χ1v) is 10.6. The molecule has 2 aliphatic rings. The van der Waals surface area contributed by atoms with E-state index in [-0.39, 0.29) is 22.2 Å². The third-order valence-electron chi connectivity index (χ3n) is 4.61. The predicted octanol–water partition coefficient (Wildman–Crippen LogP) is -0.769. The second-order valence-corrected chi connectivity index (χ2v) is 9.94. The minimum atomic E-state index is -3.54. The van der Waals surface area contributed by atoms with Crippen LogP contribution in [0.15, 0.2) is 16.3 Å². The van der Waals surface area contributed by atoms with Crippen molar-refractivity contribution in [2.24, 2.45) is 0 Å². The van der Waals surface area contributed by atoms with E-state index >= 15 is 0 Å². The van der Waals surface area contributed by atoms with E-state index in [2.05, 4.69) is 5.32 Å². The Morgan fingerprint density at radius 3 is 2.52 bits per heavy atom. The second-order valence-electron chi connectivity index (χ2n) is 6.06. The number of hydrogen-bond acceptors (Lipinski definition) is 5. The summed E-state index contributed by atoms with van der Waals surface area (Å²) >= 11 is 6.88. The molecule has 2 N–H and O–H groups in total. The Hall–Kier alpha value is -1.20. The molecule has 2 aliphatic heterocycles. The van der Waals surface area contributed by atoms with Gasteiger partial charge in [0.1, 0.15) is 4.21 Å². The predicted molar refractivity (Wildman–Crippen MR) is 93.4 cm³/mol. The Bertz CT molecular complexity index is 774. The molecule has 1 aromatic rings. The molecule has 1 atom stereocenters. The number of carbonyl (C=O) groups excluding carboxylic acids is 2. The number of imide groups is 1. The van der Waals surface area contributed by atoms with Crippen LogP contribution < -0.4 is 10.2 Å². The number of nitrogens with zero attached hydrogens (tertiary/aromatic N) is 2. The van der Waals surface area contributed by atoms with Crippen molar-refractivity contribution < 1.29 is 22.9 Å². The number of quaternary nitrogens is 1. The van der Waals surface area contributed by atoms with E-state index in [1.807, 2.05) is 0 Å². The first kappa shape index (κ1) is 18.6. The number of urea groups is 1. The molecule has 3 rings (SSSR count). The second kappa shape index (κ2) is 7.20. The third-order valence-corrected chi connectivity index (χ3v) is 8.21. The lowest BCUT2D eigenvalue weighted by Crippen LogP contribution is -3.19. The maximum atomic E-state index is 12.6. The number of sulfonamides is 1. The maximum Gasteiger partial charge on any atom is 0.324 e. The van der Waals surface area contributed by atoms with Crippen molar-refractivity contribution in [1.82, 2.24) is 14.5 Å². The minimum absolute atomic E-state index is 0.216. The Balaban J connectivity index is 1.61. The van der Waals surface area contributed by atoms with E-state index in [0.29, 0.717) is 43.6 Å². The average molecular weight is 408 g/mol. The molecule has 0 aliphatic carbocycles. The molecule has 3 heterocycles. The molecular weight excluding hydrogens is 388 g/mol. The molecular formula is C14H20ClN4O4S2+. The smallest absolute Gasteiger partial charge is 0.324 e. The van der Waals surface area contributed by atoms with Crippen LogP contribution >= 0.6 is 22.9 Å². The number of piperazine rings is 1. The number of carbonyl (C=O) groups is 2. The molecule has 138 valence electrons. The van der Waals surface area contributed by atoms with Gasteiger partial charge in [0, 0.05) is 13.1 Å². The number of nitrogens with one attached hydrogen (secondary N) is 2. The van der Waals surface area contributed by atoms with Crippen molar-refractivity contribution >= 4 is 44.9 Å². The molecule has 11 heteroatoms. The largest absolute Gasteiger partial charge is 0.336 e. The highest BCUT2D eigenvalue weighted by atomic mass is 35.5. The minimum Gasteiger partial charge on any atom is -0.336 e. The summed E-state index contributed by atoms with van der Waals surface area (Å²) < 4.78 is 27.3. The molecule has 0 aromatic carbocycles. The van der Waals surface area contributed by atoms with E-state index in [4.69, 9.17) is 11.6 Å². The van der Waals surface area contributed by atoms with Crippen LogP contribution in [-0.4, -0.2) is 74.9 Å². The molecule has 2 saturated heterocycles. The van der Waals surface area contributed by atoms with Gasteiger partial charge in [-0.15, -0.1) is 11.3 Å². The normalized spacial score (nSPS) is 21.4. The molecule has 0 unspecified atom stereocenters. The van der Waals surface area contributed by atoms with Gasteiger partial charge >= 0.3 is 6.03 Å². The highest BCUT2D eigenvalue weighted by Gasteiger charge is 2.38. The van der Waals surface area contributed by atoms with Gasteiger partial charge in [-0.3, -0.25) is 9.69 Å². The highest BCUT2D eigenvalue weighted by Crippen LogP contribution is 2.28. The lowest BCUT2D eigenvalue weighted by Gasteiger charge is -2.34. The Morgan fingerprint density at radius 2 is 2.00 bits per heavy atom. The van der Waals surface area contributed by atoms with Gasteiger partial charge in [-0.25, -0.2) is 13.2 Å². The SMILES string of the molecule is C[C@H](C(=O)N1CCNC1=O)[NH+]1CCN(S(=O)(=O)c2ccc(Cl)s2)CC1. The topological polar surface area (TPSA) is 91.2 Å². The molecule has 2 fully saturated rings. The fraction of sp³-hybridized carbons (Fsp3) is 0.571. The Morgan fingerprint density at radius 1 is 1.32 bits per heavy atom. The van der Waals surface area contributed by atoms with E-state index in [9.17, 15) is 18.0 Å². The van der Waals surface area contributed by atoms with Gasteiger partial charge in [0.25, 0.3) is 15.9 Å². The molecule has 0 bridgehead atoms. The fourth-order valence-corrected chi connectivity index (χ4v) is 6.18. The maximum absolute atomic E-state index is 12.6. The summed E-state index contributed by atoms with van der Waals surface area (Å²) in [6.07, 6.45) is 0. The summed E-state index contributed by atoms with van der Waals surface area (Å²) in [5.41, 5.74) is 0. The van der Waals surface area contributed by atoms with Crippen molar-refractivity contribution in [3.63, 3.8) is 0 Å². The fourth-order valence-electron chi connectivity index (χ4n) is 3.10. The summed E-state index contributed by atoms with van der Waals surface area (Å²) in [7, 11) is -3.54. The van der Waals surface area contributed by atoms with Gasteiger partial charge in [0.2, 0.25) is 0 Å². The van der Waals surface area contributed by atoms with E-state index in [1.54, 1.807) is 13.0 Å². The molecule has 0 spiro atoms. The standard InChI is InChI=1S/C14H19ClN4O4S2/c1-10(13(20)19-5-4-16-14(19)21)17-6-8-18(9-7-17)25(22,23)12-3-2-11(15)24-12/h2-3,10H,4-9H2,1H3,(H,16,21)/p+1/t10-/m1/s1. The zero-order chi connectivity index (χ0) is 18.2. The summed E-state index contributed by atoms with van der Waals surface area (Å²) in [5.74, 6) is -0.216. The number of hydrogen-bond donors (Lipinski definition) is 2. The molecule has 1 aromatic heterocycles. The number of thiophene rings is 1. The summed E-state index contributed by atoms with van der Waals surface area (Å²) in [4.78, 5) is 26.3. The van der Waals surface area contributed by atoms with Crippen LogP contribution in [0.3, 0.4) is 0 Å². The van der Waals surface area contributed by atoms with Crippen LogP contribution in [0.25, 0.3) is 0 Å². The first-order valence-electron chi connectivity index (χ1n) is 8.00. The van der Waals surface area contributed by atoms with Crippen molar-refractivity contribution in [2.45, 2.75) is 17.2 Å². The van der Waals surface area contributed by atoms with Crippen LogP contribution in [0.4, 0.5) is 4.79 Å². The van der Waals surface area contributed by atoms with E-state index < -0.39 is 10.0 Å². The molecule has 0 saturated carbocycles. The van der Waals surface area contributed by atoms with Gasteiger partial charge in [-0.1, -0.05) is 11.6 Å². The number of rotatable bonds is 4. The average Bonchev–Trinajstić information content (AvgIpc) is 3.22. The van der Waals surface area contributed by atoms with Gasteiger partial charge in [-0.2, -0.15) is 4.31 Å². The van der Waals surface area contributed by atoms with Gasteiger partial charge in [-0.05, 0) is 19.1 Å². The van der Waals surface area contributed by atoms with Crippen LogP contribution in [-0.2, 0) is 14.8 Å². The van der Waals surface area contributed by atoms with Gasteiger partial charge < -0.3 is 10.2 Å². The number of amides is 3. The Labute approximate surface area is 155 Å². The summed E-state index contributed by atoms with van der Waals surface area (Å²) in [6.45, 7) is 4.33. The van der Waals surface area contributed by atoms with Gasteiger partial charge in [0.05, 0.1) is 30.5 Å². The zero-order valence-electron chi connectivity index (χ0n) is 13.7. The first-order chi connectivity index (χ1) is 11.8. The zero-order valence-corrected chi connectivity index (χ0v) is 16.1. The van der Waals surface area contributed by atoms with Gasteiger partial charge in [0.15, 0.2) is 6.04 Å². The summed E-state index contributed by atoms with van der Waals surface area (Å²) in [5, 5.41) is 2.62. The van der Waals surface area contributed by atoms with Crippen LogP contribution in [0.1, 0.15) is 6.92 Å². The lowest BCUT2D eigenvalue weighted by atomic mass is 10.2. The van der Waals surface area contributed by atoms with E-state index in [0.717, 1.165) is 16.2 Å². The third kappa shape index (κ3) is 3.68. The van der Waals surface area contributed by atoms with Crippen LogP contribution in [0, 0.1) is 0 Å². The molecule has 0 radical (unpaired) electrons. The van der Waals surface area contributed by atoms with E-state index in [1.165, 1.54) is 15.3 Å². The highest BCUT2D eigenvalue weighted by molar-refractivity contribution is 7.91. The quantitative estimate of drug-likeness (QED) is 0.685. The Kier molecular flexibility index (Phi) is 5.35. The van der Waals surface area contributed by atoms with Crippen molar-refractivity contribution in [3.8, 4) is 0 Å². The molecule has 3 amide bonds. The lowest BCUT2D eigenvalue weighted by molar-refractivity contribution is -0.917. The monoisotopic (exact) mass is 407 g/mol. The molecule has 25 heavy (non-hydrogen) atoms. The van der Waals surface area contributed by atoms with Crippen molar-refractivity contribution in [3.05, 3.63) is 16.5 Å².